The Bertz CT molecular complexity index is 1000. The fourth-order valence-corrected chi connectivity index (χ4v) is 3.30. The molecule has 0 radical (unpaired) electrons. The average Bonchev–Trinajstić information content (AvgIpc) is 3.10. The SMILES string of the molecule is CN(C)c1ccc([N+](=O)[O-])cc1C(=O)Nc1nc(-c2ccc(Cl)cc2)cs1. The van der Waals surface area contributed by atoms with E-state index in [0.717, 1.165) is 5.56 Å². The Morgan fingerprint density at radius 1 is 1.22 bits per heavy atom. The molecule has 0 atom stereocenters. The van der Waals surface area contributed by atoms with E-state index in [0.29, 0.717) is 21.5 Å². The first kappa shape index (κ1) is 18.8. The molecule has 0 aliphatic rings. The van der Waals surface area contributed by atoms with Crippen molar-refractivity contribution in [1.82, 2.24) is 4.98 Å². The van der Waals surface area contributed by atoms with E-state index in [2.05, 4.69) is 10.3 Å². The third-order valence-corrected chi connectivity index (χ3v) is 4.79. The minimum absolute atomic E-state index is 0.147. The Hall–Kier alpha value is -2.97. The number of amides is 1. The van der Waals surface area contributed by atoms with Crippen molar-refractivity contribution < 1.29 is 9.72 Å². The third-order valence-electron chi connectivity index (χ3n) is 3.78. The summed E-state index contributed by atoms with van der Waals surface area (Å²) in [5.41, 5.74) is 2.22. The van der Waals surface area contributed by atoms with E-state index < -0.39 is 10.8 Å². The minimum Gasteiger partial charge on any atom is -0.377 e. The van der Waals surface area contributed by atoms with E-state index in [4.69, 9.17) is 11.6 Å². The van der Waals surface area contributed by atoms with Crippen LogP contribution in [-0.2, 0) is 0 Å². The summed E-state index contributed by atoms with van der Waals surface area (Å²) in [6.45, 7) is 0. The number of hydrogen-bond donors (Lipinski definition) is 1. The predicted octanol–water partition coefficient (Wildman–Crippen LogP) is 4.69. The largest absolute Gasteiger partial charge is 0.377 e. The van der Waals surface area contributed by atoms with Gasteiger partial charge in [0, 0.05) is 47.9 Å². The molecule has 3 aromatic rings. The lowest BCUT2D eigenvalue weighted by atomic mass is 10.1. The first-order valence-electron chi connectivity index (χ1n) is 7.84. The summed E-state index contributed by atoms with van der Waals surface area (Å²) in [6.07, 6.45) is 0. The maximum absolute atomic E-state index is 12.7. The highest BCUT2D eigenvalue weighted by atomic mass is 35.5. The van der Waals surface area contributed by atoms with Gasteiger partial charge in [0.1, 0.15) is 0 Å². The molecule has 138 valence electrons. The molecule has 0 fully saturated rings. The molecule has 9 heteroatoms. The van der Waals surface area contributed by atoms with Gasteiger partial charge in [-0.2, -0.15) is 0 Å². The summed E-state index contributed by atoms with van der Waals surface area (Å²) in [4.78, 5) is 29.3. The van der Waals surface area contributed by atoms with Crippen molar-refractivity contribution in [2.24, 2.45) is 0 Å². The zero-order valence-corrected chi connectivity index (χ0v) is 16.0. The zero-order valence-electron chi connectivity index (χ0n) is 14.5. The molecular formula is C18H15ClN4O3S. The molecule has 27 heavy (non-hydrogen) atoms. The van der Waals surface area contributed by atoms with Gasteiger partial charge in [0.05, 0.1) is 16.2 Å². The molecule has 0 aliphatic carbocycles. The van der Waals surface area contributed by atoms with Crippen LogP contribution in [0.2, 0.25) is 5.02 Å². The van der Waals surface area contributed by atoms with Crippen LogP contribution in [0.1, 0.15) is 10.4 Å². The lowest BCUT2D eigenvalue weighted by Crippen LogP contribution is -2.18. The minimum atomic E-state index is -0.530. The number of hydrogen-bond acceptors (Lipinski definition) is 6. The summed E-state index contributed by atoms with van der Waals surface area (Å²) in [5, 5.41) is 16.6. The predicted molar refractivity (Wildman–Crippen MR) is 108 cm³/mol. The summed E-state index contributed by atoms with van der Waals surface area (Å²) in [6, 6.07) is 11.4. The Morgan fingerprint density at radius 2 is 1.93 bits per heavy atom. The fraction of sp³-hybridized carbons (Fsp3) is 0.111. The molecule has 1 aromatic heterocycles. The molecule has 1 heterocycles. The van der Waals surface area contributed by atoms with Crippen LogP contribution in [0.5, 0.6) is 0 Å². The number of nitro benzene ring substituents is 1. The number of aromatic nitrogens is 1. The van der Waals surface area contributed by atoms with Crippen LogP contribution in [0.15, 0.2) is 47.8 Å². The molecule has 0 bridgehead atoms. The van der Waals surface area contributed by atoms with Crippen molar-refractivity contribution in [2.45, 2.75) is 0 Å². The van der Waals surface area contributed by atoms with E-state index in [9.17, 15) is 14.9 Å². The summed E-state index contributed by atoms with van der Waals surface area (Å²) in [5.74, 6) is -0.459. The number of benzene rings is 2. The monoisotopic (exact) mass is 402 g/mol. The Morgan fingerprint density at radius 3 is 2.56 bits per heavy atom. The highest BCUT2D eigenvalue weighted by Gasteiger charge is 2.19. The van der Waals surface area contributed by atoms with Gasteiger partial charge in [0.2, 0.25) is 0 Å². The van der Waals surface area contributed by atoms with E-state index in [1.165, 1.54) is 23.5 Å². The van der Waals surface area contributed by atoms with Gasteiger partial charge in [0.25, 0.3) is 11.6 Å². The number of non-ortho nitro benzene ring substituents is 1. The van der Waals surface area contributed by atoms with Crippen molar-refractivity contribution in [1.29, 1.82) is 0 Å². The molecule has 0 saturated carbocycles. The first-order chi connectivity index (χ1) is 12.8. The van der Waals surface area contributed by atoms with Crippen molar-refractivity contribution in [3.05, 3.63) is 68.5 Å². The van der Waals surface area contributed by atoms with Crippen LogP contribution < -0.4 is 10.2 Å². The fourth-order valence-electron chi connectivity index (χ4n) is 2.46. The second-order valence-corrected chi connectivity index (χ2v) is 7.15. The molecule has 1 N–H and O–H groups in total. The normalized spacial score (nSPS) is 10.5. The Labute approximate surface area is 164 Å². The van der Waals surface area contributed by atoms with E-state index >= 15 is 0 Å². The van der Waals surface area contributed by atoms with Crippen LogP contribution in [0, 0.1) is 10.1 Å². The molecule has 0 saturated heterocycles. The van der Waals surface area contributed by atoms with Gasteiger partial charge in [0.15, 0.2) is 5.13 Å². The van der Waals surface area contributed by atoms with Crippen molar-refractivity contribution in [3.63, 3.8) is 0 Å². The molecule has 7 nitrogen and oxygen atoms in total. The summed E-state index contributed by atoms with van der Waals surface area (Å²) < 4.78 is 0. The number of carbonyl (C=O) groups excluding carboxylic acids is 1. The molecule has 2 aromatic carbocycles. The number of nitrogens with zero attached hydrogens (tertiary/aromatic N) is 3. The van der Waals surface area contributed by atoms with Crippen molar-refractivity contribution in [3.8, 4) is 11.3 Å². The van der Waals surface area contributed by atoms with Gasteiger partial charge in [-0.05, 0) is 18.2 Å². The van der Waals surface area contributed by atoms with Crippen LogP contribution in [0.25, 0.3) is 11.3 Å². The Balaban J connectivity index is 1.86. The highest BCUT2D eigenvalue weighted by Crippen LogP contribution is 2.28. The summed E-state index contributed by atoms with van der Waals surface area (Å²) >= 11 is 7.16. The molecule has 0 aliphatic heterocycles. The number of halogens is 1. The van der Waals surface area contributed by atoms with Crippen molar-refractivity contribution in [2.75, 3.05) is 24.3 Å². The van der Waals surface area contributed by atoms with Crippen LogP contribution in [-0.4, -0.2) is 29.9 Å². The number of anilines is 2. The number of rotatable bonds is 5. The average molecular weight is 403 g/mol. The number of carbonyl (C=O) groups is 1. The van der Waals surface area contributed by atoms with E-state index in [1.54, 1.807) is 37.2 Å². The van der Waals surface area contributed by atoms with Gasteiger partial charge in [-0.1, -0.05) is 23.7 Å². The summed E-state index contributed by atoms with van der Waals surface area (Å²) in [7, 11) is 3.53. The molecular weight excluding hydrogens is 388 g/mol. The van der Waals surface area contributed by atoms with Gasteiger partial charge >= 0.3 is 0 Å². The third kappa shape index (κ3) is 4.24. The lowest BCUT2D eigenvalue weighted by molar-refractivity contribution is -0.384. The van der Waals surface area contributed by atoms with Gasteiger partial charge < -0.3 is 4.90 Å². The molecule has 1 amide bonds. The van der Waals surface area contributed by atoms with Crippen LogP contribution >= 0.6 is 22.9 Å². The number of nitrogens with one attached hydrogen (secondary N) is 1. The second kappa shape index (κ2) is 7.73. The van der Waals surface area contributed by atoms with Crippen molar-refractivity contribution >= 4 is 45.4 Å². The number of nitro groups is 1. The second-order valence-electron chi connectivity index (χ2n) is 5.85. The van der Waals surface area contributed by atoms with E-state index in [1.807, 2.05) is 17.5 Å². The smallest absolute Gasteiger partial charge is 0.270 e. The lowest BCUT2D eigenvalue weighted by Gasteiger charge is -2.16. The highest BCUT2D eigenvalue weighted by molar-refractivity contribution is 7.14. The van der Waals surface area contributed by atoms with Gasteiger partial charge in [-0.15, -0.1) is 11.3 Å². The molecule has 0 unspecified atom stereocenters. The van der Waals surface area contributed by atoms with Crippen LogP contribution in [0.4, 0.5) is 16.5 Å². The maximum Gasteiger partial charge on any atom is 0.270 e. The van der Waals surface area contributed by atoms with Gasteiger partial charge in [-0.3, -0.25) is 20.2 Å². The van der Waals surface area contributed by atoms with Crippen LogP contribution in [0.3, 0.4) is 0 Å². The Kier molecular flexibility index (Phi) is 5.38. The quantitative estimate of drug-likeness (QED) is 0.494. The number of thiazole rings is 1. The topological polar surface area (TPSA) is 88.4 Å². The standard InChI is InChI=1S/C18H15ClN4O3S/c1-22(2)16-8-7-13(23(25)26)9-14(16)17(24)21-18-20-15(10-27-18)11-3-5-12(19)6-4-11/h3-10H,1-2H3,(H,20,21,24). The van der Waals surface area contributed by atoms with E-state index in [-0.39, 0.29) is 11.3 Å². The first-order valence-corrected chi connectivity index (χ1v) is 9.09. The molecule has 3 rings (SSSR count). The maximum atomic E-state index is 12.7. The van der Waals surface area contributed by atoms with Gasteiger partial charge in [-0.25, -0.2) is 4.98 Å². The molecule has 0 spiro atoms. The zero-order chi connectivity index (χ0) is 19.6.